The van der Waals surface area contributed by atoms with Gasteiger partial charge in [-0.1, -0.05) is 37.0 Å². The van der Waals surface area contributed by atoms with E-state index in [1.54, 1.807) is 16.6 Å². The highest BCUT2D eigenvalue weighted by Crippen LogP contribution is 2.25. The van der Waals surface area contributed by atoms with Crippen LogP contribution in [0.2, 0.25) is 10.0 Å². The number of aromatic nitrogens is 4. The van der Waals surface area contributed by atoms with Crippen molar-refractivity contribution in [3.8, 4) is 6.01 Å². The molecule has 3 aromatic rings. The Hall–Kier alpha value is -2.09. The van der Waals surface area contributed by atoms with Crippen molar-refractivity contribution in [2.75, 3.05) is 18.4 Å². The number of halogens is 2. The fraction of sp³-hybridized carbons (Fsp3) is 0.450. The van der Waals surface area contributed by atoms with Gasteiger partial charge >= 0.3 is 6.01 Å². The first-order valence-electron chi connectivity index (χ1n) is 9.82. The molecule has 1 atom stereocenters. The molecule has 29 heavy (non-hydrogen) atoms. The molecular weight excluding hydrogens is 411 g/mol. The molecule has 2 N–H and O–H groups in total. The van der Waals surface area contributed by atoms with Gasteiger partial charge in [-0.2, -0.15) is 19.6 Å². The maximum atomic E-state index is 6.30. The second-order valence-corrected chi connectivity index (χ2v) is 8.34. The number of hydrogen-bond donors (Lipinski definition) is 2. The summed E-state index contributed by atoms with van der Waals surface area (Å²) >= 11 is 12.4. The summed E-state index contributed by atoms with van der Waals surface area (Å²) in [6, 6.07) is 5.74. The normalized spacial score (nSPS) is 17.1. The van der Waals surface area contributed by atoms with E-state index in [0.29, 0.717) is 28.5 Å². The molecule has 0 radical (unpaired) electrons. The Kier molecular flexibility index (Phi) is 6.08. The lowest BCUT2D eigenvalue weighted by molar-refractivity contribution is 0.153. The third-order valence-electron chi connectivity index (χ3n) is 4.97. The SMILES string of the molecule is CC(C)c1cnn2c(NCc3cc(Cl)ccc3Cl)nc(O[C@@H]3CCCNC3)nc12. The third kappa shape index (κ3) is 4.57. The summed E-state index contributed by atoms with van der Waals surface area (Å²) in [6.07, 6.45) is 3.96. The van der Waals surface area contributed by atoms with Gasteiger partial charge in [0.05, 0.1) is 6.20 Å². The van der Waals surface area contributed by atoms with Crippen LogP contribution in [0, 0.1) is 0 Å². The van der Waals surface area contributed by atoms with E-state index >= 15 is 0 Å². The molecule has 9 heteroatoms. The minimum Gasteiger partial charge on any atom is -0.459 e. The quantitative estimate of drug-likeness (QED) is 0.602. The summed E-state index contributed by atoms with van der Waals surface area (Å²) in [5, 5.41) is 12.4. The molecule has 0 saturated carbocycles. The van der Waals surface area contributed by atoms with E-state index in [1.807, 2.05) is 12.3 Å². The van der Waals surface area contributed by atoms with Gasteiger partial charge in [0.1, 0.15) is 6.10 Å². The smallest absolute Gasteiger partial charge is 0.322 e. The molecular formula is C20H24Cl2N6O. The first-order chi connectivity index (χ1) is 14.0. The van der Waals surface area contributed by atoms with E-state index in [-0.39, 0.29) is 12.0 Å². The van der Waals surface area contributed by atoms with Crippen molar-refractivity contribution in [2.45, 2.75) is 45.3 Å². The van der Waals surface area contributed by atoms with Crippen molar-refractivity contribution in [1.29, 1.82) is 0 Å². The van der Waals surface area contributed by atoms with Crippen LogP contribution < -0.4 is 15.4 Å². The minimum absolute atomic E-state index is 0.0619. The Morgan fingerprint density at radius 1 is 1.31 bits per heavy atom. The van der Waals surface area contributed by atoms with Crippen LogP contribution in [0.3, 0.4) is 0 Å². The van der Waals surface area contributed by atoms with Crippen LogP contribution >= 0.6 is 23.2 Å². The maximum absolute atomic E-state index is 6.30. The van der Waals surface area contributed by atoms with Crippen molar-refractivity contribution in [3.63, 3.8) is 0 Å². The molecule has 0 amide bonds. The van der Waals surface area contributed by atoms with Crippen LogP contribution in [0.4, 0.5) is 5.95 Å². The topological polar surface area (TPSA) is 76.4 Å². The van der Waals surface area contributed by atoms with Gasteiger partial charge in [-0.25, -0.2) is 0 Å². The van der Waals surface area contributed by atoms with Crippen LogP contribution in [0.5, 0.6) is 6.01 Å². The lowest BCUT2D eigenvalue weighted by Gasteiger charge is -2.23. The molecule has 0 aliphatic carbocycles. The molecule has 4 rings (SSSR count). The largest absolute Gasteiger partial charge is 0.459 e. The molecule has 0 bridgehead atoms. The second-order valence-electron chi connectivity index (χ2n) is 7.50. The number of hydrogen-bond acceptors (Lipinski definition) is 6. The highest BCUT2D eigenvalue weighted by Gasteiger charge is 2.20. The van der Waals surface area contributed by atoms with Crippen molar-refractivity contribution in [1.82, 2.24) is 24.9 Å². The summed E-state index contributed by atoms with van der Waals surface area (Å²) in [7, 11) is 0. The summed E-state index contributed by atoms with van der Waals surface area (Å²) in [5.41, 5.74) is 2.66. The summed E-state index contributed by atoms with van der Waals surface area (Å²) in [6.45, 7) is 6.50. The van der Waals surface area contributed by atoms with Gasteiger partial charge in [0, 0.05) is 28.7 Å². The van der Waals surface area contributed by atoms with Gasteiger partial charge in [0.25, 0.3) is 0 Å². The first kappa shape index (κ1) is 20.2. The minimum atomic E-state index is 0.0619. The van der Waals surface area contributed by atoms with Crippen LogP contribution in [0.15, 0.2) is 24.4 Å². The van der Waals surface area contributed by atoms with Crippen molar-refractivity contribution >= 4 is 34.8 Å². The van der Waals surface area contributed by atoms with Crippen molar-refractivity contribution in [2.24, 2.45) is 0 Å². The molecule has 7 nitrogen and oxygen atoms in total. The average Bonchev–Trinajstić information content (AvgIpc) is 3.13. The lowest BCUT2D eigenvalue weighted by Crippen LogP contribution is -2.37. The Morgan fingerprint density at radius 2 is 2.17 bits per heavy atom. The fourth-order valence-electron chi connectivity index (χ4n) is 3.37. The van der Waals surface area contributed by atoms with Crippen molar-refractivity contribution < 1.29 is 4.74 Å². The van der Waals surface area contributed by atoms with E-state index in [9.17, 15) is 0 Å². The Morgan fingerprint density at radius 3 is 2.93 bits per heavy atom. The Labute approximate surface area is 179 Å². The molecule has 1 aromatic carbocycles. The number of nitrogens with zero attached hydrogens (tertiary/aromatic N) is 4. The number of piperidine rings is 1. The Bertz CT molecular complexity index is 1000. The third-order valence-corrected chi connectivity index (χ3v) is 5.57. The van der Waals surface area contributed by atoms with E-state index < -0.39 is 0 Å². The standard InChI is InChI=1S/C20H24Cl2N6O/c1-12(2)16-11-25-28-18(16)26-20(29-15-4-3-7-23-10-15)27-19(28)24-9-13-8-14(21)5-6-17(13)22/h5-6,8,11-12,15,23H,3-4,7,9-10H2,1-2H3,(H,24,26,27)/t15-/m1/s1. The first-order valence-corrected chi connectivity index (χ1v) is 10.6. The highest BCUT2D eigenvalue weighted by molar-refractivity contribution is 6.33. The van der Waals surface area contributed by atoms with Gasteiger partial charge in [0.2, 0.25) is 5.95 Å². The highest BCUT2D eigenvalue weighted by atomic mass is 35.5. The summed E-state index contributed by atoms with van der Waals surface area (Å²) < 4.78 is 7.80. The molecule has 0 spiro atoms. The molecule has 3 heterocycles. The Balaban J connectivity index is 1.66. The second kappa shape index (κ2) is 8.73. The number of ether oxygens (including phenoxy) is 1. The van der Waals surface area contributed by atoms with Crippen molar-refractivity contribution in [3.05, 3.63) is 45.6 Å². The predicted molar refractivity (Wildman–Crippen MR) is 115 cm³/mol. The molecule has 1 aliphatic rings. The molecule has 1 saturated heterocycles. The maximum Gasteiger partial charge on any atom is 0.322 e. The van der Waals surface area contributed by atoms with Crippen LogP contribution in [0.1, 0.15) is 43.7 Å². The molecule has 0 unspecified atom stereocenters. The van der Waals surface area contributed by atoms with Gasteiger partial charge in [-0.3, -0.25) is 0 Å². The zero-order chi connectivity index (χ0) is 20.4. The number of benzene rings is 1. The average molecular weight is 435 g/mol. The monoisotopic (exact) mass is 434 g/mol. The van der Waals surface area contributed by atoms with Gasteiger partial charge < -0.3 is 15.4 Å². The molecule has 154 valence electrons. The number of nitrogens with one attached hydrogen (secondary N) is 2. The zero-order valence-electron chi connectivity index (χ0n) is 16.5. The van der Waals surface area contributed by atoms with Crippen LogP contribution in [0.25, 0.3) is 5.65 Å². The lowest BCUT2D eigenvalue weighted by atomic mass is 10.1. The van der Waals surface area contributed by atoms with E-state index in [2.05, 4.69) is 39.5 Å². The molecule has 2 aromatic heterocycles. The van der Waals surface area contributed by atoms with E-state index in [0.717, 1.165) is 42.7 Å². The zero-order valence-corrected chi connectivity index (χ0v) is 18.0. The summed E-state index contributed by atoms with van der Waals surface area (Å²) in [4.78, 5) is 9.24. The molecule has 1 aliphatic heterocycles. The van der Waals surface area contributed by atoms with E-state index in [4.69, 9.17) is 27.9 Å². The van der Waals surface area contributed by atoms with Crippen LogP contribution in [-0.2, 0) is 6.54 Å². The van der Waals surface area contributed by atoms with Gasteiger partial charge in [0.15, 0.2) is 5.65 Å². The fourth-order valence-corrected chi connectivity index (χ4v) is 3.75. The predicted octanol–water partition coefficient (Wildman–Crippen LogP) is 4.30. The van der Waals surface area contributed by atoms with E-state index in [1.165, 1.54) is 0 Å². The number of fused-ring (bicyclic) bond motifs is 1. The number of anilines is 1. The van der Waals surface area contributed by atoms with Gasteiger partial charge in [-0.05, 0) is 49.1 Å². The number of rotatable bonds is 6. The molecule has 1 fully saturated rings. The summed E-state index contributed by atoms with van der Waals surface area (Å²) in [5.74, 6) is 0.832. The van der Waals surface area contributed by atoms with Gasteiger partial charge in [-0.15, -0.1) is 0 Å². The van der Waals surface area contributed by atoms with Crippen LogP contribution in [-0.4, -0.2) is 38.8 Å².